The Bertz CT molecular complexity index is 3070. The number of aromatic nitrogens is 3. The van der Waals surface area contributed by atoms with E-state index in [4.69, 9.17) is 15.0 Å². The average Bonchev–Trinajstić information content (AvgIpc) is 3.94. The van der Waals surface area contributed by atoms with Gasteiger partial charge in [0.05, 0.1) is 0 Å². The topological polar surface area (TPSA) is 55.7 Å². The lowest BCUT2D eigenvalue weighted by molar-refractivity contribution is 0.320. The van der Waals surface area contributed by atoms with Crippen molar-refractivity contribution in [2.45, 2.75) is 31.1 Å². The summed E-state index contributed by atoms with van der Waals surface area (Å²) in [5.41, 5.74) is 10.3. The molecule has 4 nitrogen and oxygen atoms in total. The summed E-state index contributed by atoms with van der Waals surface area (Å²) in [7, 11) is -2.57. The molecular formula is C56H46N3OP. The molecule has 296 valence electrons. The Kier molecular flexibility index (Phi) is 9.17. The van der Waals surface area contributed by atoms with Crippen LogP contribution in [0.5, 0.6) is 0 Å². The Morgan fingerprint density at radius 1 is 0.443 bits per heavy atom. The summed E-state index contributed by atoms with van der Waals surface area (Å²) in [6.07, 6.45) is 4.99. The minimum atomic E-state index is -2.57. The monoisotopic (exact) mass is 807 g/mol. The second kappa shape index (κ2) is 14.9. The highest BCUT2D eigenvalue weighted by Gasteiger charge is 2.52. The lowest BCUT2D eigenvalue weighted by Gasteiger charge is -2.39. The fourth-order valence-corrected chi connectivity index (χ4v) is 12.4. The Labute approximate surface area is 357 Å². The summed E-state index contributed by atoms with van der Waals surface area (Å²) in [5.74, 6) is 3.31. The van der Waals surface area contributed by atoms with E-state index in [1.807, 2.05) is 37.6 Å². The molecule has 2 fully saturated rings. The molecule has 61 heavy (non-hydrogen) atoms. The second-order valence-corrected chi connectivity index (χ2v) is 20.6. The van der Waals surface area contributed by atoms with E-state index in [2.05, 4.69) is 158 Å². The van der Waals surface area contributed by atoms with Gasteiger partial charge in [0, 0.05) is 27.4 Å². The van der Waals surface area contributed by atoms with Gasteiger partial charge in [0.2, 0.25) is 0 Å². The van der Waals surface area contributed by atoms with Crippen LogP contribution in [0.3, 0.4) is 0 Å². The van der Waals surface area contributed by atoms with Crippen LogP contribution in [0.2, 0.25) is 0 Å². The number of benzene rings is 8. The highest BCUT2D eigenvalue weighted by atomic mass is 31.2. The predicted octanol–water partition coefficient (Wildman–Crippen LogP) is 13.9. The molecular weight excluding hydrogens is 762 g/mol. The maximum Gasteiger partial charge on any atom is 0.164 e. The summed E-state index contributed by atoms with van der Waals surface area (Å²) < 4.78 is 13.8. The van der Waals surface area contributed by atoms with Crippen LogP contribution in [0.4, 0.5) is 0 Å². The van der Waals surface area contributed by atoms with E-state index in [0.29, 0.717) is 23.4 Å². The number of rotatable bonds is 8. The molecule has 1 heterocycles. The smallest absolute Gasteiger partial charge is 0.164 e. The van der Waals surface area contributed by atoms with Gasteiger partial charge in [0.25, 0.3) is 0 Å². The molecule has 8 aromatic carbocycles. The molecule has 1 aromatic heterocycles. The van der Waals surface area contributed by atoms with E-state index >= 15 is 0 Å². The summed E-state index contributed by atoms with van der Waals surface area (Å²) in [6.45, 7) is 3.79. The molecule has 0 amide bonds. The van der Waals surface area contributed by atoms with Crippen molar-refractivity contribution in [2.24, 2.45) is 11.8 Å². The summed E-state index contributed by atoms with van der Waals surface area (Å²) in [4.78, 5) is 15.2. The van der Waals surface area contributed by atoms with Gasteiger partial charge in [-0.2, -0.15) is 0 Å². The summed E-state index contributed by atoms with van der Waals surface area (Å²) in [6, 6.07) is 64.8. The van der Waals surface area contributed by atoms with Gasteiger partial charge in [0.1, 0.15) is 7.14 Å². The van der Waals surface area contributed by atoms with E-state index in [1.165, 1.54) is 47.1 Å². The largest absolute Gasteiger partial charge is 0.319 e. The summed E-state index contributed by atoms with van der Waals surface area (Å²) >= 11 is 0. The van der Waals surface area contributed by atoms with Crippen molar-refractivity contribution in [3.8, 4) is 56.4 Å². The summed E-state index contributed by atoms with van der Waals surface area (Å²) in [5, 5.41) is 5.45. The van der Waals surface area contributed by atoms with Crippen molar-refractivity contribution in [1.82, 2.24) is 15.0 Å². The van der Waals surface area contributed by atoms with E-state index in [-0.39, 0.29) is 5.41 Å². The molecule has 2 aliphatic carbocycles. The fourth-order valence-electron chi connectivity index (χ4n) is 10.8. The van der Waals surface area contributed by atoms with Crippen molar-refractivity contribution in [1.29, 1.82) is 0 Å². The SMILES string of the molecule is CP(C)(=O)c1c2ccccc2c(-c2ccc(C3(c4ccc(-c5nc(-c6ccccc6)nc(-c6ccc(-c7ccccc7)cc6)n5)cc4)CC4CCC3C4)cc2)c2ccccc12. The third-order valence-electron chi connectivity index (χ3n) is 13.6. The standard InChI is InChI=1S/C56H46N3OP/c1-61(2,60)52-49-19-11-9-17-47(49)51(48-18-10-12-20-50(48)52)40-26-31-44(32-27-40)56(36-37-21-30-46(56)35-37)45-33-28-43(29-34-45)55-58-53(41-15-7-4-8-16-41)57-54(59-55)42-24-22-39(23-25-42)38-13-5-3-6-14-38/h3-20,22-29,31-34,37,46H,21,30,35-36H2,1-2H3. The molecule has 5 heteroatoms. The van der Waals surface area contributed by atoms with Gasteiger partial charge in [-0.3, -0.25) is 0 Å². The number of hydrogen-bond acceptors (Lipinski definition) is 4. The van der Waals surface area contributed by atoms with Crippen LogP contribution in [0, 0.1) is 11.8 Å². The molecule has 3 unspecified atom stereocenters. The van der Waals surface area contributed by atoms with Gasteiger partial charge >= 0.3 is 0 Å². The van der Waals surface area contributed by atoms with Gasteiger partial charge in [-0.25, -0.2) is 15.0 Å². The van der Waals surface area contributed by atoms with Crippen molar-refractivity contribution in [3.05, 3.63) is 193 Å². The Morgan fingerprint density at radius 2 is 0.836 bits per heavy atom. The first kappa shape index (κ1) is 37.5. The maximum absolute atomic E-state index is 13.8. The second-order valence-electron chi connectivity index (χ2n) is 17.5. The van der Waals surface area contributed by atoms with Crippen molar-refractivity contribution in [2.75, 3.05) is 13.3 Å². The highest BCUT2D eigenvalue weighted by Crippen LogP contribution is 2.60. The zero-order valence-corrected chi connectivity index (χ0v) is 35.4. The molecule has 2 saturated carbocycles. The Balaban J connectivity index is 0.981. The highest BCUT2D eigenvalue weighted by molar-refractivity contribution is 7.71. The quantitative estimate of drug-likeness (QED) is 0.113. The van der Waals surface area contributed by atoms with Gasteiger partial charge in [0.15, 0.2) is 17.5 Å². The molecule has 2 bridgehead atoms. The number of fused-ring (bicyclic) bond motifs is 4. The van der Waals surface area contributed by atoms with Crippen molar-refractivity contribution < 1.29 is 4.57 Å². The number of hydrogen-bond donors (Lipinski definition) is 0. The molecule has 2 aliphatic rings. The van der Waals surface area contributed by atoms with E-state index in [9.17, 15) is 4.57 Å². The zero-order valence-electron chi connectivity index (χ0n) is 34.5. The fraction of sp³-hybridized carbons (Fsp3) is 0.161. The van der Waals surface area contributed by atoms with Gasteiger partial charge in [-0.1, -0.05) is 188 Å². The third kappa shape index (κ3) is 6.53. The van der Waals surface area contributed by atoms with Crippen LogP contribution < -0.4 is 5.30 Å². The van der Waals surface area contributed by atoms with Crippen LogP contribution in [0.25, 0.3) is 78.0 Å². The van der Waals surface area contributed by atoms with Gasteiger partial charge < -0.3 is 4.57 Å². The first-order valence-electron chi connectivity index (χ1n) is 21.5. The maximum atomic E-state index is 13.8. The molecule has 11 rings (SSSR count). The Morgan fingerprint density at radius 3 is 1.30 bits per heavy atom. The van der Waals surface area contributed by atoms with Gasteiger partial charge in [-0.05, 0) is 99.4 Å². The van der Waals surface area contributed by atoms with Crippen LogP contribution in [0.1, 0.15) is 36.8 Å². The third-order valence-corrected chi connectivity index (χ3v) is 15.1. The molecule has 3 atom stereocenters. The predicted molar refractivity (Wildman–Crippen MR) is 254 cm³/mol. The average molecular weight is 808 g/mol. The van der Waals surface area contributed by atoms with Crippen molar-refractivity contribution in [3.63, 3.8) is 0 Å². The first-order valence-corrected chi connectivity index (χ1v) is 24.1. The van der Waals surface area contributed by atoms with Crippen LogP contribution in [0.15, 0.2) is 182 Å². The molecule has 0 saturated heterocycles. The van der Waals surface area contributed by atoms with Crippen molar-refractivity contribution >= 4 is 34.0 Å². The minimum Gasteiger partial charge on any atom is -0.319 e. The Hall–Kier alpha value is -6.48. The number of nitrogens with zero attached hydrogens (tertiary/aromatic N) is 3. The van der Waals surface area contributed by atoms with Crippen LogP contribution >= 0.6 is 7.14 Å². The lowest BCUT2D eigenvalue weighted by Crippen LogP contribution is -2.34. The first-order chi connectivity index (χ1) is 29.8. The lowest BCUT2D eigenvalue weighted by atomic mass is 9.64. The molecule has 0 spiro atoms. The molecule has 0 N–H and O–H groups in total. The van der Waals surface area contributed by atoms with Crippen LogP contribution in [-0.2, 0) is 9.98 Å². The van der Waals surface area contributed by atoms with Gasteiger partial charge in [-0.15, -0.1) is 0 Å². The van der Waals surface area contributed by atoms with Crippen LogP contribution in [-0.4, -0.2) is 28.3 Å². The van der Waals surface area contributed by atoms with E-state index in [0.717, 1.165) is 61.4 Å². The molecule has 0 aliphatic heterocycles. The van der Waals surface area contributed by atoms with E-state index in [1.54, 1.807) is 0 Å². The zero-order chi connectivity index (χ0) is 41.1. The minimum absolute atomic E-state index is 0.0645. The van der Waals surface area contributed by atoms with E-state index < -0.39 is 7.14 Å². The molecule has 9 aromatic rings. The molecule has 0 radical (unpaired) electrons. The normalized spacial score (nSPS) is 18.5.